The molecule has 0 saturated heterocycles. The summed E-state index contributed by atoms with van der Waals surface area (Å²) < 4.78 is 5.05. The minimum absolute atomic E-state index is 0.0201. The highest BCUT2D eigenvalue weighted by Gasteiger charge is 2.42. The van der Waals surface area contributed by atoms with E-state index in [1.165, 1.54) is 73.7 Å². The van der Waals surface area contributed by atoms with E-state index in [4.69, 9.17) is 29.9 Å². The first-order valence-corrected chi connectivity index (χ1v) is 29.3. The highest BCUT2D eigenvalue weighted by atomic mass is 32.1. The van der Waals surface area contributed by atoms with E-state index >= 15 is 0 Å². The van der Waals surface area contributed by atoms with E-state index in [1.54, 1.807) is 0 Å². The van der Waals surface area contributed by atoms with Crippen molar-refractivity contribution in [2.24, 2.45) is 0 Å². The molecule has 4 heterocycles. The third-order valence-electron chi connectivity index (χ3n) is 16.6. The smallest absolute Gasteiger partial charge is 0.164 e. The lowest BCUT2D eigenvalue weighted by Gasteiger charge is -2.42. The molecule has 0 saturated carbocycles. The van der Waals surface area contributed by atoms with Gasteiger partial charge >= 0.3 is 0 Å². The Labute approximate surface area is 480 Å². The van der Waals surface area contributed by atoms with Crippen molar-refractivity contribution in [1.29, 1.82) is 0 Å². The van der Waals surface area contributed by atoms with Gasteiger partial charge in [-0.2, -0.15) is 0 Å². The van der Waals surface area contributed by atoms with Gasteiger partial charge in [0.15, 0.2) is 34.9 Å². The van der Waals surface area contributed by atoms with Crippen molar-refractivity contribution in [2.45, 2.75) is 11.8 Å². The van der Waals surface area contributed by atoms with Crippen molar-refractivity contribution in [3.05, 3.63) is 288 Å². The van der Waals surface area contributed by atoms with Crippen LogP contribution in [-0.2, 0) is 0 Å². The van der Waals surface area contributed by atoms with Crippen LogP contribution in [0.4, 0.5) is 0 Å². The highest BCUT2D eigenvalue weighted by Crippen LogP contribution is 2.57. The maximum absolute atomic E-state index is 5.43. The molecule has 382 valence electrons. The molecule has 15 aromatic rings. The van der Waals surface area contributed by atoms with Gasteiger partial charge in [-0.05, 0) is 92.0 Å². The maximum Gasteiger partial charge on any atom is 0.164 e. The summed E-state index contributed by atoms with van der Waals surface area (Å²) in [5, 5.41) is 5.00. The predicted octanol–water partition coefficient (Wildman–Crippen LogP) is 19.1. The molecule has 18 rings (SSSR count). The second kappa shape index (κ2) is 18.7. The average Bonchev–Trinajstić information content (AvgIpc) is 3.06. The Bertz CT molecular complexity index is 4770. The maximum atomic E-state index is 5.43. The summed E-state index contributed by atoms with van der Waals surface area (Å²) in [6, 6.07) is 91.0. The average molecular weight is 1080 g/mol. The molecule has 3 aliphatic carbocycles. The van der Waals surface area contributed by atoms with E-state index in [0.29, 0.717) is 34.9 Å². The monoisotopic (exact) mass is 1080 g/mol. The van der Waals surface area contributed by atoms with Crippen LogP contribution in [0.3, 0.4) is 0 Å². The van der Waals surface area contributed by atoms with Crippen LogP contribution >= 0.6 is 22.7 Å². The third kappa shape index (κ3) is 7.46. The minimum atomic E-state index is -0.0201. The van der Waals surface area contributed by atoms with Crippen LogP contribution < -0.4 is 0 Å². The summed E-state index contributed by atoms with van der Waals surface area (Å²) in [6.45, 7) is 0. The standard InChI is InChI=1S/C74H44N6S2/c1-3-19-43(20-4-1)69-75-71(79-73(77-69)55-27-11-7-23-47(55)49-31-17-35-63-67(49)57-29-13-15-33-61(57)81-63)45-37-39-53-59(41-45)65-51-25-9-10-26-52(51)66(53)60-42-46(38-40-54(60)65)72-76-70(44-21-5-2-6-22-44)78-74(80-72)56-28-12-8-24-48(56)50-32-18-36-64-68(50)58-30-14-16-34-62(58)82-64/h1-42,65-66H. The molecule has 0 fully saturated rings. The van der Waals surface area contributed by atoms with Gasteiger partial charge in [-0.3, -0.25) is 0 Å². The Balaban J connectivity index is 0.797. The first kappa shape index (κ1) is 46.8. The van der Waals surface area contributed by atoms with Crippen molar-refractivity contribution < 1.29 is 0 Å². The zero-order valence-electron chi connectivity index (χ0n) is 43.9. The molecule has 0 radical (unpaired) electrons. The molecule has 82 heavy (non-hydrogen) atoms. The molecule has 6 nitrogen and oxygen atoms in total. The van der Waals surface area contributed by atoms with Crippen molar-refractivity contribution in [3.8, 4) is 90.6 Å². The molecule has 0 N–H and O–H groups in total. The largest absolute Gasteiger partial charge is 0.208 e. The summed E-state index contributed by atoms with van der Waals surface area (Å²) in [7, 11) is 0. The SMILES string of the molecule is c1ccc(-c2nc(-c3ccc4c(c3)C3c5ccccc5C4c4cc(-c5nc(-c6ccccc6)nc(-c6ccccc6-c6cccc7sc8ccccc8c67)n5)ccc43)nc(-c3ccccc3-c3cccc4sc5ccccc5c34)n2)cc1. The van der Waals surface area contributed by atoms with E-state index < -0.39 is 0 Å². The number of rotatable bonds is 8. The first-order chi connectivity index (χ1) is 40.6. The van der Waals surface area contributed by atoms with Crippen molar-refractivity contribution >= 4 is 63.0 Å². The number of benzene rings is 11. The topological polar surface area (TPSA) is 77.3 Å². The Kier molecular flexibility index (Phi) is 10.7. The normalized spacial score (nSPS) is 14.1. The van der Waals surface area contributed by atoms with E-state index in [9.17, 15) is 0 Å². The van der Waals surface area contributed by atoms with Crippen LogP contribution in [0.1, 0.15) is 45.2 Å². The fraction of sp³-hybridized carbons (Fsp3) is 0.0270. The molecular formula is C74H44N6S2. The Morgan fingerprint density at radius 1 is 0.220 bits per heavy atom. The first-order valence-electron chi connectivity index (χ1n) is 27.7. The van der Waals surface area contributed by atoms with Gasteiger partial charge in [0, 0.05) is 85.6 Å². The molecule has 0 aliphatic heterocycles. The van der Waals surface area contributed by atoms with E-state index in [2.05, 4.69) is 218 Å². The van der Waals surface area contributed by atoms with E-state index in [1.807, 2.05) is 59.1 Å². The van der Waals surface area contributed by atoms with Crippen LogP contribution in [-0.4, -0.2) is 29.9 Å². The number of hydrogen-bond donors (Lipinski definition) is 0. The highest BCUT2D eigenvalue weighted by molar-refractivity contribution is 7.26. The molecule has 2 atom stereocenters. The minimum Gasteiger partial charge on any atom is -0.208 e. The van der Waals surface area contributed by atoms with Crippen LogP contribution in [0.5, 0.6) is 0 Å². The Morgan fingerprint density at radius 3 is 1.00 bits per heavy atom. The van der Waals surface area contributed by atoms with Gasteiger partial charge in [0.1, 0.15) is 0 Å². The van der Waals surface area contributed by atoms with Gasteiger partial charge in [0.2, 0.25) is 0 Å². The van der Waals surface area contributed by atoms with Crippen molar-refractivity contribution in [1.82, 2.24) is 29.9 Å². The van der Waals surface area contributed by atoms with E-state index in [-0.39, 0.29) is 11.8 Å². The molecule has 11 aromatic carbocycles. The van der Waals surface area contributed by atoms with Gasteiger partial charge in [-0.25, -0.2) is 29.9 Å². The summed E-state index contributed by atoms with van der Waals surface area (Å²) in [4.78, 5) is 32.0. The van der Waals surface area contributed by atoms with Gasteiger partial charge < -0.3 is 0 Å². The fourth-order valence-corrected chi connectivity index (χ4v) is 15.3. The number of aromatic nitrogens is 6. The van der Waals surface area contributed by atoms with Crippen LogP contribution in [0.15, 0.2) is 255 Å². The van der Waals surface area contributed by atoms with Crippen LogP contribution in [0, 0.1) is 0 Å². The summed E-state index contributed by atoms with van der Waals surface area (Å²) in [6.07, 6.45) is 0. The van der Waals surface area contributed by atoms with Crippen LogP contribution in [0.25, 0.3) is 131 Å². The second-order valence-electron chi connectivity index (χ2n) is 21.2. The van der Waals surface area contributed by atoms with Gasteiger partial charge in [-0.15, -0.1) is 22.7 Å². The van der Waals surface area contributed by atoms with E-state index in [0.717, 1.165) is 55.6 Å². The fourth-order valence-electron chi connectivity index (χ4n) is 13.0. The molecule has 2 unspecified atom stereocenters. The second-order valence-corrected chi connectivity index (χ2v) is 23.3. The van der Waals surface area contributed by atoms with Gasteiger partial charge in [-0.1, -0.05) is 218 Å². The Hall–Kier alpha value is -10.1. The lowest BCUT2D eigenvalue weighted by Crippen LogP contribution is -2.27. The molecule has 3 aliphatic rings. The number of fused-ring (bicyclic) bond motifs is 6. The molecule has 0 spiro atoms. The van der Waals surface area contributed by atoms with Gasteiger partial charge in [0.05, 0.1) is 0 Å². The molecule has 8 heteroatoms. The lowest BCUT2D eigenvalue weighted by atomic mass is 9.61. The number of hydrogen-bond acceptors (Lipinski definition) is 8. The quantitative estimate of drug-likeness (QED) is 0.151. The zero-order valence-corrected chi connectivity index (χ0v) is 45.5. The summed E-state index contributed by atoms with van der Waals surface area (Å²) in [5.41, 5.74) is 17.9. The Morgan fingerprint density at radius 2 is 0.549 bits per heavy atom. The third-order valence-corrected chi connectivity index (χ3v) is 18.9. The zero-order chi connectivity index (χ0) is 53.8. The summed E-state index contributed by atoms with van der Waals surface area (Å²) in [5.74, 6) is 3.75. The predicted molar refractivity (Wildman–Crippen MR) is 337 cm³/mol. The number of nitrogens with zero attached hydrogens (tertiary/aromatic N) is 6. The van der Waals surface area contributed by atoms with Crippen LogP contribution in [0.2, 0.25) is 0 Å². The summed E-state index contributed by atoms with van der Waals surface area (Å²) >= 11 is 3.66. The molecule has 0 amide bonds. The molecular weight excluding hydrogens is 1040 g/mol. The van der Waals surface area contributed by atoms with Gasteiger partial charge in [0.25, 0.3) is 0 Å². The van der Waals surface area contributed by atoms with Crippen molar-refractivity contribution in [3.63, 3.8) is 0 Å². The number of thiophene rings is 2. The van der Waals surface area contributed by atoms with Crippen molar-refractivity contribution in [2.75, 3.05) is 0 Å². The lowest BCUT2D eigenvalue weighted by molar-refractivity contribution is 0.754. The molecule has 4 aromatic heterocycles. The molecule has 2 bridgehead atoms.